The highest BCUT2D eigenvalue weighted by atomic mass is 16.1. The fraction of sp³-hybridized carbons (Fsp3) is 0.818. The Morgan fingerprint density at radius 1 is 1.33 bits per heavy atom. The molecule has 0 aromatic carbocycles. The van der Waals surface area contributed by atoms with E-state index in [1.54, 1.807) is 12.2 Å². The van der Waals surface area contributed by atoms with Crippen molar-refractivity contribution < 1.29 is 9.59 Å². The molecule has 0 aromatic heterocycles. The van der Waals surface area contributed by atoms with Crippen molar-refractivity contribution in [3.05, 3.63) is 0 Å². The Hall–Kier alpha value is -1.24. The van der Waals surface area contributed by atoms with Gasteiger partial charge >= 0.3 is 0 Å². The molecule has 0 aliphatic heterocycles. The molecule has 1 saturated carbocycles. The largest absolute Gasteiger partial charge is 0.235 e. The third-order valence-corrected chi connectivity index (χ3v) is 3.10. The van der Waals surface area contributed by atoms with Gasteiger partial charge in [0.2, 0.25) is 12.2 Å². The molecule has 1 aliphatic rings. The van der Waals surface area contributed by atoms with Crippen LogP contribution in [-0.2, 0) is 9.59 Å². The summed E-state index contributed by atoms with van der Waals surface area (Å²) in [6.07, 6.45) is 8.00. The van der Waals surface area contributed by atoms with E-state index in [1.807, 2.05) is 6.92 Å². The molecule has 0 N–H and O–H groups in total. The van der Waals surface area contributed by atoms with Gasteiger partial charge in [-0.1, -0.05) is 13.3 Å². The maximum atomic E-state index is 10.2. The molecule has 0 heterocycles. The number of isocyanates is 2. The average molecular weight is 208 g/mol. The second kappa shape index (κ2) is 6.28. The number of hydrogen-bond acceptors (Lipinski definition) is 4. The first-order valence-electron chi connectivity index (χ1n) is 5.45. The van der Waals surface area contributed by atoms with Gasteiger partial charge in [0, 0.05) is 0 Å². The van der Waals surface area contributed by atoms with Gasteiger partial charge in [-0.15, -0.1) is 0 Å². The number of carbonyl (C=O) groups excluding carboxylic acids is 2. The van der Waals surface area contributed by atoms with Gasteiger partial charge in [-0.3, -0.25) is 0 Å². The first-order valence-corrected chi connectivity index (χ1v) is 5.45. The molecule has 0 saturated heterocycles. The zero-order valence-corrected chi connectivity index (χ0v) is 8.98. The minimum atomic E-state index is 0.0483. The molecule has 3 atom stereocenters. The minimum Gasteiger partial charge on any atom is -0.211 e. The van der Waals surface area contributed by atoms with Gasteiger partial charge in [-0.25, -0.2) is 19.6 Å². The molecule has 4 nitrogen and oxygen atoms in total. The topological polar surface area (TPSA) is 58.9 Å². The van der Waals surface area contributed by atoms with Crippen LogP contribution in [0.4, 0.5) is 0 Å². The van der Waals surface area contributed by atoms with Crippen LogP contribution in [0, 0.1) is 5.92 Å². The summed E-state index contributed by atoms with van der Waals surface area (Å²) in [5.74, 6) is 0.368. The molecule has 0 spiro atoms. The molecule has 3 unspecified atom stereocenters. The lowest BCUT2D eigenvalue weighted by molar-refractivity contribution is 0.275. The summed E-state index contributed by atoms with van der Waals surface area (Å²) in [5, 5.41) is 0. The van der Waals surface area contributed by atoms with Crippen molar-refractivity contribution in [1.29, 1.82) is 0 Å². The maximum Gasteiger partial charge on any atom is 0.235 e. The zero-order chi connectivity index (χ0) is 11.1. The van der Waals surface area contributed by atoms with E-state index < -0.39 is 0 Å². The van der Waals surface area contributed by atoms with Crippen molar-refractivity contribution in [1.82, 2.24) is 0 Å². The summed E-state index contributed by atoms with van der Waals surface area (Å²) in [4.78, 5) is 28.0. The number of rotatable bonds is 4. The fourth-order valence-corrected chi connectivity index (χ4v) is 2.34. The number of hydrogen-bond donors (Lipinski definition) is 0. The van der Waals surface area contributed by atoms with Crippen LogP contribution < -0.4 is 0 Å². The third-order valence-electron chi connectivity index (χ3n) is 3.10. The van der Waals surface area contributed by atoms with Crippen molar-refractivity contribution >= 4 is 12.2 Å². The summed E-state index contributed by atoms with van der Waals surface area (Å²) in [6, 6.07) is 0.129. The normalized spacial score (nSPS) is 27.3. The minimum absolute atomic E-state index is 0.0483. The average Bonchev–Trinajstić information content (AvgIpc) is 2.27. The van der Waals surface area contributed by atoms with Crippen molar-refractivity contribution in [2.24, 2.45) is 15.9 Å². The monoisotopic (exact) mass is 208 g/mol. The Kier molecular flexibility index (Phi) is 4.96. The van der Waals surface area contributed by atoms with E-state index in [0.717, 1.165) is 32.1 Å². The quantitative estimate of drug-likeness (QED) is 0.524. The molecule has 1 fully saturated rings. The SMILES string of the molecule is CCC(N=C=O)C1CCCC(N=C=O)C1. The van der Waals surface area contributed by atoms with Crippen LogP contribution >= 0.6 is 0 Å². The van der Waals surface area contributed by atoms with E-state index in [9.17, 15) is 9.59 Å². The molecule has 4 heteroatoms. The fourth-order valence-electron chi connectivity index (χ4n) is 2.34. The van der Waals surface area contributed by atoms with E-state index in [-0.39, 0.29) is 12.1 Å². The molecule has 0 amide bonds. The highest BCUT2D eigenvalue weighted by molar-refractivity contribution is 5.34. The van der Waals surface area contributed by atoms with Gasteiger partial charge in [-0.05, 0) is 31.6 Å². The van der Waals surface area contributed by atoms with Crippen LogP contribution in [0.3, 0.4) is 0 Å². The van der Waals surface area contributed by atoms with Crippen LogP contribution in [0.2, 0.25) is 0 Å². The predicted molar refractivity (Wildman–Crippen MR) is 56.1 cm³/mol. The standard InChI is InChI=1S/C11H16N2O2/c1-2-11(13-8-15)9-4-3-5-10(6-9)12-7-14/h9-11H,2-6H2,1H3. The molecular formula is C11H16N2O2. The van der Waals surface area contributed by atoms with Gasteiger partial charge < -0.3 is 0 Å². The molecule has 15 heavy (non-hydrogen) atoms. The first-order chi connectivity index (χ1) is 7.31. The van der Waals surface area contributed by atoms with E-state index >= 15 is 0 Å². The molecular weight excluding hydrogens is 192 g/mol. The Labute approximate surface area is 89.5 Å². The van der Waals surface area contributed by atoms with Gasteiger partial charge in [0.25, 0.3) is 0 Å². The Morgan fingerprint density at radius 3 is 2.73 bits per heavy atom. The lowest BCUT2D eigenvalue weighted by Crippen LogP contribution is -2.26. The number of aliphatic imine (C=N–C) groups is 2. The summed E-state index contributed by atoms with van der Waals surface area (Å²) >= 11 is 0. The van der Waals surface area contributed by atoms with Gasteiger partial charge in [0.1, 0.15) is 0 Å². The summed E-state index contributed by atoms with van der Waals surface area (Å²) < 4.78 is 0. The van der Waals surface area contributed by atoms with Gasteiger partial charge in [0.15, 0.2) is 0 Å². The second-order valence-electron chi connectivity index (χ2n) is 4.00. The van der Waals surface area contributed by atoms with E-state index in [0.29, 0.717) is 5.92 Å². The van der Waals surface area contributed by atoms with E-state index in [1.165, 1.54) is 0 Å². The van der Waals surface area contributed by atoms with E-state index in [2.05, 4.69) is 9.98 Å². The van der Waals surface area contributed by atoms with Gasteiger partial charge in [0.05, 0.1) is 12.1 Å². The summed E-state index contributed by atoms with van der Waals surface area (Å²) in [6.45, 7) is 2.01. The molecule has 0 aromatic rings. The summed E-state index contributed by atoms with van der Waals surface area (Å²) in [7, 11) is 0. The number of nitrogens with zero attached hydrogens (tertiary/aromatic N) is 2. The van der Waals surface area contributed by atoms with Crippen molar-refractivity contribution in [3.63, 3.8) is 0 Å². The molecule has 0 bridgehead atoms. The van der Waals surface area contributed by atoms with Gasteiger partial charge in [-0.2, -0.15) is 0 Å². The van der Waals surface area contributed by atoms with E-state index in [4.69, 9.17) is 0 Å². The molecule has 0 radical (unpaired) electrons. The van der Waals surface area contributed by atoms with Crippen molar-refractivity contribution in [2.75, 3.05) is 0 Å². The third kappa shape index (κ3) is 3.43. The highest BCUT2D eigenvalue weighted by Gasteiger charge is 2.27. The second-order valence-corrected chi connectivity index (χ2v) is 4.00. The lowest BCUT2D eigenvalue weighted by Gasteiger charge is -2.29. The molecule has 1 rings (SSSR count). The van der Waals surface area contributed by atoms with Crippen molar-refractivity contribution in [3.8, 4) is 0 Å². The zero-order valence-electron chi connectivity index (χ0n) is 8.98. The Morgan fingerprint density at radius 2 is 2.13 bits per heavy atom. The lowest BCUT2D eigenvalue weighted by atomic mass is 9.81. The maximum absolute atomic E-state index is 10.2. The smallest absolute Gasteiger partial charge is 0.211 e. The molecule has 82 valence electrons. The Bertz CT molecular complexity index is 291. The van der Waals surface area contributed by atoms with Crippen LogP contribution in [0.1, 0.15) is 39.0 Å². The summed E-state index contributed by atoms with van der Waals surface area (Å²) in [5.41, 5.74) is 0. The van der Waals surface area contributed by atoms with Crippen molar-refractivity contribution in [2.45, 2.75) is 51.1 Å². The predicted octanol–water partition coefficient (Wildman–Crippen LogP) is 2.00. The van der Waals surface area contributed by atoms with Crippen LogP contribution in [0.25, 0.3) is 0 Å². The highest BCUT2D eigenvalue weighted by Crippen LogP contribution is 2.30. The first kappa shape index (κ1) is 11.8. The molecule has 1 aliphatic carbocycles. The van der Waals surface area contributed by atoms with Crippen LogP contribution in [0.5, 0.6) is 0 Å². The van der Waals surface area contributed by atoms with Crippen LogP contribution in [0.15, 0.2) is 9.98 Å². The van der Waals surface area contributed by atoms with Crippen LogP contribution in [-0.4, -0.2) is 24.2 Å². The Balaban J connectivity index is 2.60.